The number of sulfone groups is 1. The summed E-state index contributed by atoms with van der Waals surface area (Å²) in [5.41, 5.74) is 1.26. The second kappa shape index (κ2) is 5.77. The van der Waals surface area contributed by atoms with Crippen LogP contribution < -0.4 is 0 Å². The lowest BCUT2D eigenvalue weighted by Crippen LogP contribution is -2.16. The van der Waals surface area contributed by atoms with E-state index in [4.69, 9.17) is 11.6 Å². The molecule has 0 aromatic heterocycles. The summed E-state index contributed by atoms with van der Waals surface area (Å²) >= 11 is 5.79. The van der Waals surface area contributed by atoms with Gasteiger partial charge in [0.1, 0.15) is 5.75 Å². The SMILES string of the molecule is Cc1ccc(S(=O)(=O)CC(=O)c2cccc(Cl)c2)cc1. The van der Waals surface area contributed by atoms with E-state index in [2.05, 4.69) is 0 Å². The molecule has 0 N–H and O–H groups in total. The Hall–Kier alpha value is -1.65. The molecule has 5 heteroatoms. The van der Waals surface area contributed by atoms with Crippen molar-refractivity contribution in [2.75, 3.05) is 5.75 Å². The van der Waals surface area contributed by atoms with Crippen molar-refractivity contribution in [3.8, 4) is 0 Å². The number of aryl methyl sites for hydroxylation is 1. The van der Waals surface area contributed by atoms with Gasteiger partial charge in [0.15, 0.2) is 15.6 Å². The molecule has 0 aliphatic heterocycles. The molecule has 0 unspecified atom stereocenters. The molecule has 20 heavy (non-hydrogen) atoms. The summed E-state index contributed by atoms with van der Waals surface area (Å²) in [5, 5.41) is 0.406. The van der Waals surface area contributed by atoms with Gasteiger partial charge < -0.3 is 0 Å². The fraction of sp³-hybridized carbons (Fsp3) is 0.133. The number of Topliss-reactive ketones (excluding diaryl/α,β-unsaturated/α-hetero) is 1. The van der Waals surface area contributed by atoms with E-state index < -0.39 is 21.4 Å². The van der Waals surface area contributed by atoms with Crippen molar-refractivity contribution in [2.24, 2.45) is 0 Å². The molecule has 2 aromatic rings. The van der Waals surface area contributed by atoms with E-state index in [9.17, 15) is 13.2 Å². The topological polar surface area (TPSA) is 51.2 Å². The second-order valence-electron chi connectivity index (χ2n) is 4.51. The Morgan fingerprint density at radius 1 is 1.10 bits per heavy atom. The van der Waals surface area contributed by atoms with Gasteiger partial charge in [-0.05, 0) is 31.2 Å². The molecule has 0 spiro atoms. The van der Waals surface area contributed by atoms with Gasteiger partial charge in [-0.25, -0.2) is 8.42 Å². The minimum atomic E-state index is -3.63. The van der Waals surface area contributed by atoms with Crippen molar-refractivity contribution >= 4 is 27.2 Å². The zero-order valence-electron chi connectivity index (χ0n) is 10.8. The molecule has 0 fully saturated rings. The van der Waals surface area contributed by atoms with E-state index in [1.165, 1.54) is 18.2 Å². The summed E-state index contributed by atoms with van der Waals surface area (Å²) in [6.45, 7) is 1.87. The molecule has 0 atom stereocenters. The number of benzene rings is 2. The molecule has 0 aliphatic rings. The summed E-state index contributed by atoms with van der Waals surface area (Å²) in [5.74, 6) is -1.02. The van der Waals surface area contributed by atoms with Crippen molar-refractivity contribution in [3.05, 3.63) is 64.7 Å². The number of halogens is 1. The van der Waals surface area contributed by atoms with Crippen LogP contribution in [-0.4, -0.2) is 20.0 Å². The molecular formula is C15H13ClO3S. The maximum Gasteiger partial charge on any atom is 0.185 e. The maximum absolute atomic E-state index is 12.2. The third-order valence-corrected chi connectivity index (χ3v) is 4.72. The molecule has 3 nitrogen and oxygen atoms in total. The third-order valence-electron chi connectivity index (χ3n) is 2.85. The van der Waals surface area contributed by atoms with E-state index in [0.29, 0.717) is 10.6 Å². The Balaban J connectivity index is 2.24. The van der Waals surface area contributed by atoms with Crippen molar-refractivity contribution in [1.29, 1.82) is 0 Å². The van der Waals surface area contributed by atoms with E-state index in [0.717, 1.165) is 5.56 Å². The highest BCUT2D eigenvalue weighted by Crippen LogP contribution is 2.16. The summed E-state index contributed by atoms with van der Waals surface area (Å²) in [7, 11) is -3.63. The first-order valence-electron chi connectivity index (χ1n) is 5.97. The van der Waals surface area contributed by atoms with Gasteiger partial charge >= 0.3 is 0 Å². The van der Waals surface area contributed by atoms with Crippen LogP contribution in [-0.2, 0) is 9.84 Å². The molecule has 0 saturated heterocycles. The molecular weight excluding hydrogens is 296 g/mol. The standard InChI is InChI=1S/C15H13ClO3S/c1-11-5-7-14(8-6-11)20(18,19)10-15(17)12-3-2-4-13(16)9-12/h2-9H,10H2,1H3. The van der Waals surface area contributed by atoms with Crippen LogP contribution >= 0.6 is 11.6 Å². The monoisotopic (exact) mass is 308 g/mol. The van der Waals surface area contributed by atoms with Crippen LogP contribution in [0.2, 0.25) is 5.02 Å². The average Bonchev–Trinajstić information content (AvgIpc) is 2.38. The smallest absolute Gasteiger partial charge is 0.185 e. The normalized spacial score (nSPS) is 11.3. The highest BCUT2D eigenvalue weighted by molar-refractivity contribution is 7.92. The van der Waals surface area contributed by atoms with Gasteiger partial charge in [0.25, 0.3) is 0 Å². The first kappa shape index (κ1) is 14.8. The summed E-state index contributed by atoms with van der Waals surface area (Å²) in [6, 6.07) is 12.7. The van der Waals surface area contributed by atoms with Crippen LogP contribution in [0.15, 0.2) is 53.4 Å². The molecule has 2 rings (SSSR count). The summed E-state index contributed by atoms with van der Waals surface area (Å²) in [6.07, 6.45) is 0. The lowest BCUT2D eigenvalue weighted by molar-refractivity contribution is 0.102. The molecule has 0 saturated carbocycles. The van der Waals surface area contributed by atoms with Crippen molar-refractivity contribution in [1.82, 2.24) is 0 Å². The van der Waals surface area contributed by atoms with Gasteiger partial charge in [-0.15, -0.1) is 0 Å². The first-order chi connectivity index (χ1) is 9.38. The maximum atomic E-state index is 12.2. The second-order valence-corrected chi connectivity index (χ2v) is 6.93. The fourth-order valence-corrected chi connectivity index (χ4v) is 3.17. The zero-order chi connectivity index (χ0) is 14.8. The van der Waals surface area contributed by atoms with Gasteiger partial charge in [-0.1, -0.05) is 41.4 Å². The van der Waals surface area contributed by atoms with E-state index >= 15 is 0 Å². The van der Waals surface area contributed by atoms with Gasteiger partial charge in [0.2, 0.25) is 0 Å². The lowest BCUT2D eigenvalue weighted by atomic mass is 10.1. The fourth-order valence-electron chi connectivity index (χ4n) is 1.75. The van der Waals surface area contributed by atoms with Crippen molar-refractivity contribution in [2.45, 2.75) is 11.8 Å². The van der Waals surface area contributed by atoms with Crippen LogP contribution in [0, 0.1) is 6.92 Å². The van der Waals surface area contributed by atoms with E-state index in [-0.39, 0.29) is 4.90 Å². The Bertz CT molecular complexity index is 734. The Kier molecular flexibility index (Phi) is 4.26. The Morgan fingerprint density at radius 2 is 1.75 bits per heavy atom. The number of ketones is 1. The highest BCUT2D eigenvalue weighted by Gasteiger charge is 2.20. The quantitative estimate of drug-likeness (QED) is 0.814. The minimum absolute atomic E-state index is 0.151. The van der Waals surface area contributed by atoms with Gasteiger partial charge in [0.05, 0.1) is 4.90 Å². The molecule has 2 aromatic carbocycles. The van der Waals surface area contributed by atoms with E-state index in [1.54, 1.807) is 30.3 Å². The molecule has 0 bridgehead atoms. The number of rotatable bonds is 4. The Morgan fingerprint density at radius 3 is 2.35 bits per heavy atom. The third kappa shape index (κ3) is 3.46. The number of hydrogen-bond acceptors (Lipinski definition) is 3. The zero-order valence-corrected chi connectivity index (χ0v) is 12.4. The molecule has 0 heterocycles. The van der Waals surface area contributed by atoms with Gasteiger partial charge in [0, 0.05) is 10.6 Å². The summed E-state index contributed by atoms with van der Waals surface area (Å²) < 4.78 is 24.3. The molecule has 104 valence electrons. The largest absolute Gasteiger partial charge is 0.293 e. The van der Waals surface area contributed by atoms with Crippen LogP contribution in [0.4, 0.5) is 0 Å². The van der Waals surface area contributed by atoms with Crippen LogP contribution in [0.3, 0.4) is 0 Å². The van der Waals surface area contributed by atoms with Gasteiger partial charge in [-0.2, -0.15) is 0 Å². The number of carbonyl (C=O) groups is 1. The van der Waals surface area contributed by atoms with E-state index in [1.807, 2.05) is 6.92 Å². The van der Waals surface area contributed by atoms with Crippen LogP contribution in [0.1, 0.15) is 15.9 Å². The van der Waals surface area contributed by atoms with Crippen LogP contribution in [0.25, 0.3) is 0 Å². The number of hydrogen-bond donors (Lipinski definition) is 0. The van der Waals surface area contributed by atoms with Crippen LogP contribution in [0.5, 0.6) is 0 Å². The minimum Gasteiger partial charge on any atom is -0.293 e. The molecule has 0 amide bonds. The summed E-state index contributed by atoms with van der Waals surface area (Å²) in [4.78, 5) is 12.2. The molecule has 0 radical (unpaired) electrons. The predicted molar refractivity (Wildman–Crippen MR) is 79.0 cm³/mol. The highest BCUT2D eigenvalue weighted by atomic mass is 35.5. The average molecular weight is 309 g/mol. The van der Waals surface area contributed by atoms with Crippen molar-refractivity contribution in [3.63, 3.8) is 0 Å². The Labute approximate surface area is 123 Å². The number of carbonyl (C=O) groups excluding carboxylic acids is 1. The predicted octanol–water partition coefficient (Wildman–Crippen LogP) is 3.31. The lowest BCUT2D eigenvalue weighted by Gasteiger charge is -2.05. The van der Waals surface area contributed by atoms with Crippen molar-refractivity contribution < 1.29 is 13.2 Å². The van der Waals surface area contributed by atoms with Gasteiger partial charge in [-0.3, -0.25) is 4.79 Å². The molecule has 0 aliphatic carbocycles. The first-order valence-corrected chi connectivity index (χ1v) is 8.00.